The van der Waals surface area contributed by atoms with Gasteiger partial charge < -0.3 is 64.9 Å². The third-order valence-corrected chi connectivity index (χ3v) is 8.79. The number of aliphatic hydroxyl groups excluding tert-OH is 7. The monoisotopic (exact) mass is 670 g/mol. The summed E-state index contributed by atoms with van der Waals surface area (Å²) in [6.45, 7) is 0.863. The van der Waals surface area contributed by atoms with E-state index in [-0.39, 0.29) is 33.6 Å². The van der Waals surface area contributed by atoms with E-state index < -0.39 is 97.2 Å². The summed E-state index contributed by atoms with van der Waals surface area (Å²) in [6.07, 6.45) is -17.5. The Morgan fingerprint density at radius 1 is 0.771 bits per heavy atom. The normalized spacial score (nSPS) is 33.0. The fourth-order valence-electron chi connectivity index (χ4n) is 6.42. The van der Waals surface area contributed by atoms with Crippen LogP contribution in [-0.4, -0.2) is 126 Å². The van der Waals surface area contributed by atoms with Crippen LogP contribution < -0.4 is 4.74 Å². The van der Waals surface area contributed by atoms with Gasteiger partial charge in [0.1, 0.15) is 66.1 Å². The standard InChI is InChI=1S/C33H34O15/c1-12-7-15-20(30-27(41)26(40)29(43)33(47-30)48-31(44)13-5-3-2-4-6-13)16-9-14(35)10-17(36)21(16)24(38)22(15)18(8-12)45-32-28(42)25(39)23(37)19(11-34)46-32/h2-10,19-20,23,25-30,32-37,39-43H,11H2,1H3. The summed E-state index contributed by atoms with van der Waals surface area (Å²) in [5.74, 6) is -4.41. The van der Waals surface area contributed by atoms with Gasteiger partial charge in [-0.25, -0.2) is 4.79 Å². The van der Waals surface area contributed by atoms with Crippen molar-refractivity contribution in [1.29, 1.82) is 0 Å². The molecule has 48 heavy (non-hydrogen) atoms. The van der Waals surface area contributed by atoms with E-state index in [0.717, 1.165) is 12.1 Å². The molecule has 3 aliphatic rings. The van der Waals surface area contributed by atoms with E-state index in [1.807, 2.05) is 0 Å². The van der Waals surface area contributed by atoms with Gasteiger partial charge >= 0.3 is 5.97 Å². The van der Waals surface area contributed by atoms with Crippen LogP contribution in [0.25, 0.3) is 0 Å². The van der Waals surface area contributed by atoms with Gasteiger partial charge in [0.2, 0.25) is 18.4 Å². The van der Waals surface area contributed by atoms with Crippen molar-refractivity contribution in [2.75, 3.05) is 6.61 Å². The maximum atomic E-state index is 14.1. The number of esters is 1. The van der Waals surface area contributed by atoms with Gasteiger partial charge in [0.15, 0.2) is 0 Å². The van der Waals surface area contributed by atoms with Crippen molar-refractivity contribution in [3.05, 3.63) is 88.0 Å². The topological polar surface area (TPSA) is 253 Å². The number of ketones is 1. The van der Waals surface area contributed by atoms with Gasteiger partial charge in [0, 0.05) is 12.0 Å². The number of phenols is 2. The van der Waals surface area contributed by atoms with Crippen LogP contribution in [0.3, 0.4) is 0 Å². The number of aliphatic hydroxyl groups is 7. The second kappa shape index (κ2) is 13.0. The molecule has 0 amide bonds. The Bertz CT molecular complexity index is 1690. The van der Waals surface area contributed by atoms with Gasteiger partial charge in [-0.2, -0.15) is 0 Å². The van der Waals surface area contributed by atoms with Gasteiger partial charge in [0.05, 0.1) is 23.3 Å². The number of rotatable bonds is 6. The molecule has 11 unspecified atom stereocenters. The van der Waals surface area contributed by atoms with E-state index >= 15 is 0 Å². The largest absolute Gasteiger partial charge is 0.508 e. The van der Waals surface area contributed by atoms with Gasteiger partial charge in [-0.05, 0) is 47.9 Å². The number of fused-ring (bicyclic) bond motifs is 2. The van der Waals surface area contributed by atoms with E-state index in [1.165, 1.54) is 24.3 Å². The number of hydrogen-bond acceptors (Lipinski definition) is 15. The lowest BCUT2D eigenvalue weighted by atomic mass is 9.71. The number of aromatic hydroxyl groups is 2. The summed E-state index contributed by atoms with van der Waals surface area (Å²) in [6, 6.07) is 12.7. The summed E-state index contributed by atoms with van der Waals surface area (Å²) >= 11 is 0. The van der Waals surface area contributed by atoms with Crippen LogP contribution in [0.15, 0.2) is 54.6 Å². The minimum Gasteiger partial charge on any atom is -0.508 e. The van der Waals surface area contributed by atoms with E-state index in [1.54, 1.807) is 25.1 Å². The number of ether oxygens (including phenoxy) is 4. The van der Waals surface area contributed by atoms with Crippen LogP contribution in [0, 0.1) is 6.92 Å². The zero-order chi connectivity index (χ0) is 34.6. The lowest BCUT2D eigenvalue weighted by Gasteiger charge is -2.45. The van der Waals surface area contributed by atoms with E-state index in [4.69, 9.17) is 18.9 Å². The van der Waals surface area contributed by atoms with Gasteiger partial charge in [0.25, 0.3) is 0 Å². The minimum absolute atomic E-state index is 0.0461. The summed E-state index contributed by atoms with van der Waals surface area (Å²) < 4.78 is 22.7. The first kappa shape index (κ1) is 33.7. The maximum Gasteiger partial charge on any atom is 0.340 e. The molecular formula is C33H34O15. The molecule has 0 bridgehead atoms. The number of phenolic OH excluding ortho intramolecular Hbond substituents is 2. The minimum atomic E-state index is -1.94. The zero-order valence-corrected chi connectivity index (χ0v) is 25.2. The molecule has 256 valence electrons. The van der Waals surface area contributed by atoms with Crippen LogP contribution in [-0.2, 0) is 14.2 Å². The number of benzene rings is 3. The molecule has 6 rings (SSSR count). The average molecular weight is 671 g/mol. The van der Waals surface area contributed by atoms with Gasteiger partial charge in [-0.1, -0.05) is 24.3 Å². The van der Waals surface area contributed by atoms with E-state index in [9.17, 15) is 55.5 Å². The van der Waals surface area contributed by atoms with Crippen molar-refractivity contribution in [3.63, 3.8) is 0 Å². The predicted octanol–water partition coefficient (Wildman–Crippen LogP) is -1.07. The molecule has 0 radical (unpaired) electrons. The fraction of sp³-hybridized carbons (Fsp3) is 0.394. The second-order valence-electron chi connectivity index (χ2n) is 12.0. The first-order valence-electron chi connectivity index (χ1n) is 15.0. The molecule has 0 aromatic heterocycles. The van der Waals surface area contributed by atoms with Gasteiger partial charge in [-0.3, -0.25) is 4.79 Å². The maximum absolute atomic E-state index is 14.1. The van der Waals surface area contributed by atoms with Crippen molar-refractivity contribution in [2.24, 2.45) is 0 Å². The number of aryl methyl sites for hydroxylation is 1. The van der Waals surface area contributed by atoms with Crippen LogP contribution in [0.5, 0.6) is 17.2 Å². The third-order valence-electron chi connectivity index (χ3n) is 8.79. The molecule has 15 heteroatoms. The summed E-state index contributed by atoms with van der Waals surface area (Å²) in [5.41, 5.74) is 0.00199. The highest BCUT2D eigenvalue weighted by atomic mass is 16.7. The van der Waals surface area contributed by atoms with Crippen molar-refractivity contribution >= 4 is 11.8 Å². The van der Waals surface area contributed by atoms with Crippen molar-refractivity contribution in [2.45, 2.75) is 74.3 Å². The quantitative estimate of drug-likeness (QED) is 0.142. The predicted molar refractivity (Wildman–Crippen MR) is 159 cm³/mol. The number of carbonyl (C=O) groups excluding carboxylic acids is 2. The molecule has 3 aromatic carbocycles. The summed E-state index contributed by atoms with van der Waals surface area (Å²) in [7, 11) is 0. The molecule has 0 spiro atoms. The van der Waals surface area contributed by atoms with Crippen LogP contribution in [0.2, 0.25) is 0 Å². The van der Waals surface area contributed by atoms with Crippen LogP contribution in [0.4, 0.5) is 0 Å². The molecule has 1 aliphatic carbocycles. The molecule has 2 saturated heterocycles. The number of carbonyl (C=O) groups is 2. The second-order valence-corrected chi connectivity index (χ2v) is 12.0. The zero-order valence-electron chi connectivity index (χ0n) is 25.2. The first-order chi connectivity index (χ1) is 22.8. The van der Waals surface area contributed by atoms with Crippen molar-refractivity contribution in [3.8, 4) is 17.2 Å². The third kappa shape index (κ3) is 5.78. The summed E-state index contributed by atoms with van der Waals surface area (Å²) in [5, 5.41) is 95.1. The highest BCUT2D eigenvalue weighted by Crippen LogP contribution is 2.49. The summed E-state index contributed by atoms with van der Waals surface area (Å²) in [4.78, 5) is 27.0. The van der Waals surface area contributed by atoms with Crippen LogP contribution >= 0.6 is 0 Å². The fourth-order valence-corrected chi connectivity index (χ4v) is 6.42. The SMILES string of the molecule is Cc1cc(OC2OC(CO)C(O)C(O)C2O)c2c(c1)C(C1OC(OC(=O)c3ccccc3)C(O)C(O)C1O)c1cc(O)cc(O)c1C2=O. The Hall–Kier alpha value is -4.16. The Morgan fingerprint density at radius 2 is 1.42 bits per heavy atom. The molecule has 2 heterocycles. The highest BCUT2D eigenvalue weighted by molar-refractivity contribution is 6.16. The van der Waals surface area contributed by atoms with E-state index in [0.29, 0.717) is 5.56 Å². The molecule has 11 atom stereocenters. The Labute approximate surface area is 272 Å². The molecule has 2 fully saturated rings. The number of hydrogen-bond donors (Lipinski definition) is 9. The Balaban J connectivity index is 1.45. The highest BCUT2D eigenvalue weighted by Gasteiger charge is 2.52. The average Bonchev–Trinajstić information content (AvgIpc) is 3.05. The van der Waals surface area contributed by atoms with Crippen molar-refractivity contribution < 1.29 is 74.5 Å². The Morgan fingerprint density at radius 3 is 2.10 bits per heavy atom. The molecule has 9 N–H and O–H groups in total. The smallest absolute Gasteiger partial charge is 0.340 e. The van der Waals surface area contributed by atoms with E-state index in [2.05, 4.69) is 0 Å². The lowest BCUT2D eigenvalue weighted by molar-refractivity contribution is -0.282. The molecular weight excluding hydrogens is 636 g/mol. The lowest BCUT2D eigenvalue weighted by Crippen LogP contribution is -2.60. The van der Waals surface area contributed by atoms with Crippen molar-refractivity contribution in [1.82, 2.24) is 0 Å². The van der Waals surface area contributed by atoms with Gasteiger partial charge in [-0.15, -0.1) is 0 Å². The van der Waals surface area contributed by atoms with Crippen LogP contribution in [0.1, 0.15) is 48.9 Å². The molecule has 0 saturated carbocycles. The molecule has 15 nitrogen and oxygen atoms in total. The molecule has 2 aliphatic heterocycles. The molecule has 3 aromatic rings. The first-order valence-corrected chi connectivity index (χ1v) is 15.0. The Kier molecular flexibility index (Phi) is 9.16.